The second kappa shape index (κ2) is 7.44. The van der Waals surface area contributed by atoms with E-state index in [1.165, 1.54) is 6.07 Å². The highest BCUT2D eigenvalue weighted by atomic mass is 32.1. The third kappa shape index (κ3) is 4.32. The Morgan fingerprint density at radius 2 is 2.42 bits per heavy atom. The highest BCUT2D eigenvalue weighted by Crippen LogP contribution is 2.15. The summed E-state index contributed by atoms with van der Waals surface area (Å²) in [4.78, 5) is 33.9. The Morgan fingerprint density at radius 1 is 1.54 bits per heavy atom. The molecule has 1 amide bonds. The highest BCUT2D eigenvalue weighted by molar-refractivity contribution is 7.10. The lowest BCUT2D eigenvalue weighted by Gasteiger charge is -2.33. The molecule has 7 heteroatoms. The second-order valence-electron chi connectivity index (χ2n) is 5.85. The molecular formula is C17H20N4O2S. The number of hydrogen-bond donors (Lipinski definition) is 2. The minimum Gasteiger partial charge on any atom is -0.348 e. The maximum absolute atomic E-state index is 12.1. The van der Waals surface area contributed by atoms with Crippen LogP contribution in [-0.2, 0) is 4.79 Å². The average molecular weight is 344 g/mol. The Balaban J connectivity index is 1.61. The van der Waals surface area contributed by atoms with Gasteiger partial charge in [-0.1, -0.05) is 6.07 Å². The van der Waals surface area contributed by atoms with Crippen molar-refractivity contribution >= 4 is 29.3 Å². The summed E-state index contributed by atoms with van der Waals surface area (Å²) < 4.78 is 0. The van der Waals surface area contributed by atoms with E-state index in [0.29, 0.717) is 18.2 Å². The van der Waals surface area contributed by atoms with Gasteiger partial charge >= 0.3 is 0 Å². The molecule has 0 radical (unpaired) electrons. The molecule has 3 rings (SSSR count). The standard InChI is InChI=1S/C17H20N4O2S/c1-12-10-16(23)20-17(18-12)21-8-2-4-13(11-21)19-15(22)7-6-14-5-3-9-24-14/h3,5-7,9-10,13H,2,4,8,11H2,1H3,(H,19,22)(H,18,20,23). The Bertz CT molecular complexity index is 782. The van der Waals surface area contributed by atoms with Crippen molar-refractivity contribution < 1.29 is 4.79 Å². The number of thiophene rings is 1. The van der Waals surface area contributed by atoms with Gasteiger partial charge in [0.15, 0.2) is 0 Å². The fourth-order valence-electron chi connectivity index (χ4n) is 2.79. The fourth-order valence-corrected chi connectivity index (χ4v) is 3.41. The summed E-state index contributed by atoms with van der Waals surface area (Å²) in [6.07, 6.45) is 5.25. The number of anilines is 1. The van der Waals surface area contributed by atoms with Gasteiger partial charge in [-0.25, -0.2) is 4.98 Å². The number of aromatic nitrogens is 2. The summed E-state index contributed by atoms with van der Waals surface area (Å²) >= 11 is 1.59. The summed E-state index contributed by atoms with van der Waals surface area (Å²) in [5, 5.41) is 5.01. The van der Waals surface area contributed by atoms with Gasteiger partial charge in [0, 0.05) is 41.8 Å². The molecule has 1 aliphatic heterocycles. The minimum atomic E-state index is -0.150. The summed E-state index contributed by atoms with van der Waals surface area (Å²) in [6, 6.07) is 5.44. The van der Waals surface area contributed by atoms with Crippen molar-refractivity contribution in [2.75, 3.05) is 18.0 Å². The van der Waals surface area contributed by atoms with Gasteiger partial charge in [0.1, 0.15) is 0 Å². The molecular weight excluding hydrogens is 324 g/mol. The van der Waals surface area contributed by atoms with Crippen LogP contribution in [0.15, 0.2) is 34.4 Å². The van der Waals surface area contributed by atoms with Crippen molar-refractivity contribution in [2.24, 2.45) is 0 Å². The van der Waals surface area contributed by atoms with E-state index < -0.39 is 0 Å². The van der Waals surface area contributed by atoms with Gasteiger partial charge in [-0.2, -0.15) is 0 Å². The molecule has 24 heavy (non-hydrogen) atoms. The molecule has 2 aromatic heterocycles. The van der Waals surface area contributed by atoms with Crippen LogP contribution in [0, 0.1) is 6.92 Å². The predicted octanol–water partition coefficient (Wildman–Crippen LogP) is 1.94. The van der Waals surface area contributed by atoms with Crippen molar-refractivity contribution in [3.8, 4) is 0 Å². The van der Waals surface area contributed by atoms with Crippen molar-refractivity contribution in [1.82, 2.24) is 15.3 Å². The molecule has 2 N–H and O–H groups in total. The average Bonchev–Trinajstić information content (AvgIpc) is 3.06. The summed E-state index contributed by atoms with van der Waals surface area (Å²) in [6.45, 7) is 3.27. The molecule has 0 aliphatic carbocycles. The number of nitrogens with zero attached hydrogens (tertiary/aromatic N) is 2. The van der Waals surface area contributed by atoms with Crippen LogP contribution in [0.5, 0.6) is 0 Å². The van der Waals surface area contributed by atoms with Crippen LogP contribution < -0.4 is 15.8 Å². The molecule has 0 spiro atoms. The molecule has 0 aromatic carbocycles. The van der Waals surface area contributed by atoms with E-state index in [1.54, 1.807) is 24.3 Å². The summed E-state index contributed by atoms with van der Waals surface area (Å²) in [5.41, 5.74) is 0.543. The smallest absolute Gasteiger partial charge is 0.252 e. The lowest BCUT2D eigenvalue weighted by atomic mass is 10.1. The highest BCUT2D eigenvalue weighted by Gasteiger charge is 2.22. The fraction of sp³-hybridized carbons (Fsp3) is 0.353. The van der Waals surface area contributed by atoms with Gasteiger partial charge in [0.25, 0.3) is 5.56 Å². The van der Waals surface area contributed by atoms with Gasteiger partial charge in [-0.15, -0.1) is 11.3 Å². The van der Waals surface area contributed by atoms with E-state index in [2.05, 4.69) is 15.3 Å². The van der Waals surface area contributed by atoms with Crippen LogP contribution in [-0.4, -0.2) is 35.0 Å². The van der Waals surface area contributed by atoms with Crippen molar-refractivity contribution in [2.45, 2.75) is 25.8 Å². The first kappa shape index (κ1) is 16.4. The van der Waals surface area contributed by atoms with E-state index in [4.69, 9.17) is 0 Å². The van der Waals surface area contributed by atoms with Crippen LogP contribution in [0.4, 0.5) is 5.95 Å². The van der Waals surface area contributed by atoms with E-state index >= 15 is 0 Å². The topological polar surface area (TPSA) is 78.1 Å². The Morgan fingerprint density at radius 3 is 3.17 bits per heavy atom. The number of aromatic amines is 1. The van der Waals surface area contributed by atoms with Gasteiger partial charge in [-0.05, 0) is 37.3 Å². The van der Waals surface area contributed by atoms with Crippen molar-refractivity contribution in [3.05, 3.63) is 50.6 Å². The molecule has 1 aliphatic rings. The molecule has 1 fully saturated rings. The number of aryl methyl sites for hydroxylation is 1. The molecule has 1 atom stereocenters. The van der Waals surface area contributed by atoms with Gasteiger partial charge in [0.2, 0.25) is 11.9 Å². The normalized spacial score (nSPS) is 18.0. The van der Waals surface area contributed by atoms with Crippen molar-refractivity contribution in [3.63, 3.8) is 0 Å². The maximum atomic E-state index is 12.1. The van der Waals surface area contributed by atoms with E-state index in [1.807, 2.05) is 28.5 Å². The third-order valence-corrected chi connectivity index (χ3v) is 4.70. The van der Waals surface area contributed by atoms with E-state index in [-0.39, 0.29) is 17.5 Å². The first-order valence-corrected chi connectivity index (χ1v) is 8.83. The molecule has 2 aromatic rings. The first-order valence-electron chi connectivity index (χ1n) is 7.95. The van der Waals surface area contributed by atoms with Crippen molar-refractivity contribution in [1.29, 1.82) is 0 Å². The predicted molar refractivity (Wildman–Crippen MR) is 96.3 cm³/mol. The van der Waals surface area contributed by atoms with Crippen LogP contribution in [0.1, 0.15) is 23.4 Å². The second-order valence-corrected chi connectivity index (χ2v) is 6.83. The van der Waals surface area contributed by atoms with Gasteiger partial charge in [-0.3, -0.25) is 14.6 Å². The SMILES string of the molecule is Cc1cc(=O)[nH]c(N2CCCC(NC(=O)C=Cc3cccs3)C2)n1. The number of hydrogen-bond acceptors (Lipinski definition) is 5. The quantitative estimate of drug-likeness (QED) is 0.831. The largest absolute Gasteiger partial charge is 0.348 e. The molecule has 1 saturated heterocycles. The third-order valence-electron chi connectivity index (χ3n) is 3.87. The molecule has 0 saturated carbocycles. The monoisotopic (exact) mass is 344 g/mol. The Kier molecular flexibility index (Phi) is 5.10. The number of nitrogens with one attached hydrogen (secondary N) is 2. The van der Waals surface area contributed by atoms with Crippen LogP contribution in [0.2, 0.25) is 0 Å². The maximum Gasteiger partial charge on any atom is 0.252 e. The zero-order chi connectivity index (χ0) is 16.9. The van der Waals surface area contributed by atoms with E-state index in [9.17, 15) is 9.59 Å². The number of piperidine rings is 1. The minimum absolute atomic E-state index is 0.0463. The molecule has 126 valence electrons. The number of H-pyrrole nitrogens is 1. The molecule has 6 nitrogen and oxygen atoms in total. The lowest BCUT2D eigenvalue weighted by molar-refractivity contribution is -0.117. The van der Waals surface area contributed by atoms with Crippen LogP contribution in [0.25, 0.3) is 6.08 Å². The zero-order valence-electron chi connectivity index (χ0n) is 13.5. The van der Waals surface area contributed by atoms with Gasteiger partial charge in [0.05, 0.1) is 0 Å². The summed E-state index contributed by atoms with van der Waals surface area (Å²) in [7, 11) is 0. The number of rotatable bonds is 4. The van der Waals surface area contributed by atoms with E-state index in [0.717, 1.165) is 24.3 Å². The summed E-state index contributed by atoms with van der Waals surface area (Å²) in [5.74, 6) is 0.481. The number of carbonyl (C=O) groups excluding carboxylic acids is 1. The first-order chi connectivity index (χ1) is 11.6. The zero-order valence-corrected chi connectivity index (χ0v) is 14.3. The van der Waals surface area contributed by atoms with Crippen LogP contribution >= 0.6 is 11.3 Å². The van der Waals surface area contributed by atoms with Crippen LogP contribution in [0.3, 0.4) is 0 Å². The Labute approximate surface area is 144 Å². The lowest BCUT2D eigenvalue weighted by Crippen LogP contribution is -2.48. The molecule has 0 bridgehead atoms. The number of carbonyl (C=O) groups is 1. The molecule has 3 heterocycles. The number of amides is 1. The Hall–Kier alpha value is -2.41. The van der Waals surface area contributed by atoms with Gasteiger partial charge < -0.3 is 10.2 Å². The molecule has 1 unspecified atom stereocenters.